The van der Waals surface area contributed by atoms with Crippen LogP contribution in [0, 0.1) is 29.3 Å². The Morgan fingerprint density at radius 1 is 0.812 bits per heavy atom. The maximum Gasteiger partial charge on any atom is 0.167 e. The van der Waals surface area contributed by atoms with Crippen molar-refractivity contribution in [2.45, 2.75) is 84.5 Å². The van der Waals surface area contributed by atoms with Crippen LogP contribution in [0.15, 0.2) is 35.9 Å². The zero-order valence-corrected chi connectivity index (χ0v) is 19.5. The van der Waals surface area contributed by atoms with Crippen LogP contribution in [0.1, 0.15) is 81.9 Å². The standard InChI is InChI=1S/C29H35F3/c1-3-5-6-7-19-8-10-21(11-9-19)22-13-15-24-23(18-22)14-17-25(28(24)31)26-16-12-20(4-2)27(30)29(26)32/h12-14,16-17,19,21H,3-11,15,18H2,1-2H3. The molecule has 172 valence electrons. The second-order valence-corrected chi connectivity index (χ2v) is 9.69. The Hall–Kier alpha value is -2.03. The number of allylic oxidation sites excluding steroid dienone is 2. The summed E-state index contributed by atoms with van der Waals surface area (Å²) in [6, 6.07) is 6.61. The Bertz CT molecular complexity index is 980. The summed E-state index contributed by atoms with van der Waals surface area (Å²) in [5.41, 5.74) is 3.57. The topological polar surface area (TPSA) is 0 Å². The zero-order chi connectivity index (χ0) is 22.7. The van der Waals surface area contributed by atoms with Gasteiger partial charge in [-0.1, -0.05) is 75.4 Å². The number of halogens is 3. The van der Waals surface area contributed by atoms with Crippen molar-refractivity contribution in [3.63, 3.8) is 0 Å². The average molecular weight is 441 g/mol. The molecule has 0 amide bonds. The van der Waals surface area contributed by atoms with Crippen LogP contribution in [-0.4, -0.2) is 0 Å². The Balaban J connectivity index is 1.47. The Labute approximate surface area is 190 Å². The first-order chi connectivity index (χ1) is 15.5. The number of benzene rings is 2. The predicted molar refractivity (Wildman–Crippen MR) is 126 cm³/mol. The van der Waals surface area contributed by atoms with Crippen LogP contribution in [0.25, 0.3) is 11.1 Å². The van der Waals surface area contributed by atoms with E-state index in [0.717, 1.165) is 17.9 Å². The summed E-state index contributed by atoms with van der Waals surface area (Å²) < 4.78 is 44.3. The summed E-state index contributed by atoms with van der Waals surface area (Å²) in [6.07, 6.45) is 14.4. The maximum absolute atomic E-state index is 15.4. The van der Waals surface area contributed by atoms with E-state index in [2.05, 4.69) is 13.0 Å². The zero-order valence-electron chi connectivity index (χ0n) is 19.5. The summed E-state index contributed by atoms with van der Waals surface area (Å²) in [7, 11) is 0. The summed E-state index contributed by atoms with van der Waals surface area (Å²) in [6.45, 7) is 4.03. The van der Waals surface area contributed by atoms with E-state index in [0.29, 0.717) is 29.9 Å². The van der Waals surface area contributed by atoms with Gasteiger partial charge in [0.25, 0.3) is 0 Å². The third-order valence-electron chi connectivity index (χ3n) is 7.72. The van der Waals surface area contributed by atoms with E-state index in [1.54, 1.807) is 19.1 Å². The van der Waals surface area contributed by atoms with Gasteiger partial charge in [0.1, 0.15) is 5.82 Å². The van der Waals surface area contributed by atoms with Crippen LogP contribution in [0.5, 0.6) is 0 Å². The molecular formula is C29H35F3. The smallest absolute Gasteiger partial charge is 0.167 e. The first-order valence-electron chi connectivity index (χ1n) is 12.5. The van der Waals surface area contributed by atoms with Gasteiger partial charge in [-0.05, 0) is 73.5 Å². The lowest BCUT2D eigenvalue weighted by molar-refractivity contribution is 0.279. The van der Waals surface area contributed by atoms with Crippen LogP contribution in [-0.2, 0) is 19.3 Å². The lowest BCUT2D eigenvalue weighted by Crippen LogP contribution is -2.19. The van der Waals surface area contributed by atoms with Crippen LogP contribution in [0.3, 0.4) is 0 Å². The Morgan fingerprint density at radius 3 is 2.25 bits per heavy atom. The molecule has 0 radical (unpaired) electrons. The Kier molecular flexibility index (Phi) is 7.43. The van der Waals surface area contributed by atoms with Crippen LogP contribution in [0.4, 0.5) is 13.2 Å². The van der Waals surface area contributed by atoms with Crippen LogP contribution in [0.2, 0.25) is 0 Å². The molecule has 2 aromatic rings. The van der Waals surface area contributed by atoms with E-state index in [1.807, 2.05) is 6.07 Å². The van der Waals surface area contributed by atoms with Crippen molar-refractivity contribution in [3.8, 4) is 11.1 Å². The molecule has 0 nitrogen and oxygen atoms in total. The van der Waals surface area contributed by atoms with E-state index < -0.39 is 17.5 Å². The summed E-state index contributed by atoms with van der Waals surface area (Å²) in [5, 5.41) is 0. The van der Waals surface area contributed by atoms with E-state index in [9.17, 15) is 8.78 Å². The molecule has 0 spiro atoms. The van der Waals surface area contributed by atoms with Crippen molar-refractivity contribution in [1.29, 1.82) is 0 Å². The molecule has 0 atom stereocenters. The third kappa shape index (κ3) is 4.67. The minimum atomic E-state index is -0.953. The van der Waals surface area contributed by atoms with Crippen molar-refractivity contribution in [2.24, 2.45) is 11.8 Å². The summed E-state index contributed by atoms with van der Waals surface area (Å²) in [5.74, 6) is -0.731. The molecule has 0 unspecified atom stereocenters. The molecule has 2 aliphatic rings. The highest BCUT2D eigenvalue weighted by molar-refractivity contribution is 5.68. The molecule has 0 saturated heterocycles. The average Bonchev–Trinajstić information content (AvgIpc) is 2.82. The lowest BCUT2D eigenvalue weighted by atomic mass is 9.73. The fraction of sp³-hybridized carbons (Fsp3) is 0.517. The van der Waals surface area contributed by atoms with Crippen LogP contribution < -0.4 is 0 Å². The van der Waals surface area contributed by atoms with E-state index in [-0.39, 0.29) is 11.1 Å². The van der Waals surface area contributed by atoms with Crippen molar-refractivity contribution < 1.29 is 13.2 Å². The van der Waals surface area contributed by atoms with Crippen molar-refractivity contribution >= 4 is 0 Å². The molecule has 0 N–H and O–H groups in total. The number of hydrogen-bond donors (Lipinski definition) is 0. The van der Waals surface area contributed by atoms with Gasteiger partial charge in [-0.3, -0.25) is 0 Å². The van der Waals surface area contributed by atoms with Gasteiger partial charge < -0.3 is 0 Å². The second-order valence-electron chi connectivity index (χ2n) is 9.69. The van der Waals surface area contributed by atoms with Gasteiger partial charge in [0.2, 0.25) is 0 Å². The molecule has 3 heteroatoms. The van der Waals surface area contributed by atoms with E-state index in [1.165, 1.54) is 63.0 Å². The fourth-order valence-electron chi connectivity index (χ4n) is 5.67. The van der Waals surface area contributed by atoms with Gasteiger partial charge in [-0.15, -0.1) is 0 Å². The summed E-state index contributed by atoms with van der Waals surface area (Å²) in [4.78, 5) is 0. The van der Waals surface area contributed by atoms with Gasteiger partial charge in [0.15, 0.2) is 11.6 Å². The normalized spacial score (nSPS) is 20.7. The molecule has 2 aromatic carbocycles. The molecular weight excluding hydrogens is 405 g/mol. The second kappa shape index (κ2) is 10.3. The van der Waals surface area contributed by atoms with E-state index >= 15 is 4.39 Å². The largest absolute Gasteiger partial charge is 0.206 e. The maximum atomic E-state index is 15.4. The highest BCUT2D eigenvalue weighted by Crippen LogP contribution is 2.40. The molecule has 0 bridgehead atoms. The molecule has 0 aliphatic heterocycles. The molecule has 32 heavy (non-hydrogen) atoms. The van der Waals surface area contributed by atoms with Crippen molar-refractivity contribution in [1.82, 2.24) is 0 Å². The first-order valence-corrected chi connectivity index (χ1v) is 12.5. The van der Waals surface area contributed by atoms with Gasteiger partial charge in [-0.25, -0.2) is 13.2 Å². The molecule has 1 saturated carbocycles. The third-order valence-corrected chi connectivity index (χ3v) is 7.72. The monoisotopic (exact) mass is 440 g/mol. The van der Waals surface area contributed by atoms with E-state index in [4.69, 9.17) is 0 Å². The minimum Gasteiger partial charge on any atom is -0.206 e. The fourth-order valence-corrected chi connectivity index (χ4v) is 5.67. The highest BCUT2D eigenvalue weighted by atomic mass is 19.2. The predicted octanol–water partition coefficient (Wildman–Crippen LogP) is 8.75. The van der Waals surface area contributed by atoms with Gasteiger partial charge in [0.05, 0.1) is 0 Å². The van der Waals surface area contributed by atoms with Crippen molar-refractivity contribution in [3.05, 3.63) is 70.1 Å². The van der Waals surface area contributed by atoms with Gasteiger partial charge in [0, 0.05) is 11.1 Å². The Morgan fingerprint density at radius 2 is 1.53 bits per heavy atom. The highest BCUT2D eigenvalue weighted by Gasteiger charge is 2.27. The summed E-state index contributed by atoms with van der Waals surface area (Å²) >= 11 is 0. The molecule has 0 aromatic heterocycles. The number of aryl methyl sites for hydroxylation is 1. The quantitative estimate of drug-likeness (QED) is 0.298. The van der Waals surface area contributed by atoms with Gasteiger partial charge in [-0.2, -0.15) is 0 Å². The first kappa shape index (κ1) is 23.1. The molecule has 0 heterocycles. The molecule has 4 rings (SSSR count). The number of hydrogen-bond acceptors (Lipinski definition) is 0. The number of unbranched alkanes of at least 4 members (excludes halogenated alkanes) is 2. The number of rotatable bonds is 7. The van der Waals surface area contributed by atoms with Crippen LogP contribution >= 0.6 is 0 Å². The molecule has 1 fully saturated rings. The molecule has 2 aliphatic carbocycles. The lowest BCUT2D eigenvalue weighted by Gasteiger charge is -2.32. The van der Waals surface area contributed by atoms with Gasteiger partial charge >= 0.3 is 0 Å². The van der Waals surface area contributed by atoms with Crippen molar-refractivity contribution in [2.75, 3.05) is 0 Å². The minimum absolute atomic E-state index is 0.0103. The SMILES string of the molecule is CCCCCC1CCC(C2=CCc3c(ccc(-c4ccc(CC)c(F)c4F)c3F)C2)CC1. The number of fused-ring (bicyclic) bond motifs is 1.